The molecule has 0 saturated carbocycles. The first-order chi connectivity index (χ1) is 35.8. The molecule has 9 heterocycles. The standard InChI is InChI=1S/C62H36N10/c63-37-43-59(69-46-25-8-4-19-39(46)55-50(69)29-13-33-64-55)54(45-24-12-23-44(68-45)38-17-2-1-3-18-38)61(71-48-27-10-6-21-41(48)57-52(71)31-15-35-66-57)62(72-49-28-11-7-22-42(49)58-53(72)32-16-36-67-58)60(43)70-47-26-9-5-20-40(47)56-51(70)30-14-34-65-56/h1-36H. The lowest BCUT2D eigenvalue weighted by molar-refractivity contribution is 1.03. The lowest BCUT2D eigenvalue weighted by atomic mass is 9.95. The normalized spacial score (nSPS) is 11.9. The van der Waals surface area contributed by atoms with Gasteiger partial charge in [-0.3, -0.25) is 19.9 Å². The molecule has 0 aliphatic rings. The number of hydrogen-bond acceptors (Lipinski definition) is 6. The quantitative estimate of drug-likeness (QED) is 0.164. The summed E-state index contributed by atoms with van der Waals surface area (Å²) in [6.07, 6.45) is 7.38. The molecule has 0 aliphatic heterocycles. The maximum absolute atomic E-state index is 12.6. The maximum atomic E-state index is 12.6. The van der Waals surface area contributed by atoms with Gasteiger partial charge in [-0.1, -0.05) is 109 Å². The summed E-state index contributed by atoms with van der Waals surface area (Å²) >= 11 is 0. The van der Waals surface area contributed by atoms with E-state index in [1.807, 2.05) is 79.4 Å². The first-order valence-corrected chi connectivity index (χ1v) is 23.8. The third kappa shape index (κ3) is 5.50. The number of pyridine rings is 5. The number of rotatable bonds is 6. The summed E-state index contributed by atoms with van der Waals surface area (Å²) in [5.74, 6) is 0. The van der Waals surface area contributed by atoms with Crippen LogP contribution in [0.1, 0.15) is 5.56 Å². The van der Waals surface area contributed by atoms with Crippen LogP contribution in [0.5, 0.6) is 0 Å². The van der Waals surface area contributed by atoms with Crippen molar-refractivity contribution < 1.29 is 0 Å². The number of benzene rings is 6. The van der Waals surface area contributed by atoms with Crippen LogP contribution in [-0.4, -0.2) is 43.2 Å². The van der Waals surface area contributed by atoms with E-state index in [2.05, 4.69) is 164 Å². The number of aromatic nitrogens is 9. The van der Waals surface area contributed by atoms with Gasteiger partial charge in [0.1, 0.15) is 11.6 Å². The van der Waals surface area contributed by atoms with Crippen LogP contribution in [-0.2, 0) is 0 Å². The van der Waals surface area contributed by atoms with E-state index in [0.717, 1.165) is 116 Å². The van der Waals surface area contributed by atoms with Crippen molar-refractivity contribution in [2.24, 2.45) is 0 Å². The molecule has 0 atom stereocenters. The molecule has 0 spiro atoms. The Labute approximate surface area is 410 Å². The maximum Gasteiger partial charge on any atom is 0.104 e. The van der Waals surface area contributed by atoms with Gasteiger partial charge in [-0.15, -0.1) is 0 Å². The minimum Gasteiger partial charge on any atom is -0.305 e. The molecule has 0 unspecified atom stereocenters. The SMILES string of the molecule is N#Cc1c(-n2c3ccccc3c3ncccc32)c(-c2cccc(-c3ccccc3)n2)c(-n2c3ccccc3c3ncccc32)c(-n2c3ccccc3c3ncccc32)c1-n1c2ccccc2c2ncccc21. The Bertz CT molecular complexity index is 4570. The van der Waals surface area contributed by atoms with E-state index in [4.69, 9.17) is 24.9 Å². The summed E-state index contributed by atoms with van der Waals surface area (Å²) in [5.41, 5.74) is 16.8. The van der Waals surface area contributed by atoms with Gasteiger partial charge in [0.15, 0.2) is 0 Å². The monoisotopic (exact) mass is 920 g/mol. The summed E-state index contributed by atoms with van der Waals surface area (Å²) in [7, 11) is 0. The Morgan fingerprint density at radius 1 is 0.306 bits per heavy atom. The van der Waals surface area contributed by atoms with Crippen LogP contribution in [0.3, 0.4) is 0 Å². The second-order valence-electron chi connectivity index (χ2n) is 17.9. The van der Waals surface area contributed by atoms with Gasteiger partial charge in [0.25, 0.3) is 0 Å². The molecule has 0 aliphatic carbocycles. The molecular formula is C62H36N10. The van der Waals surface area contributed by atoms with Crippen LogP contribution < -0.4 is 0 Å². The molecule has 0 N–H and O–H groups in total. The highest BCUT2D eigenvalue weighted by molar-refractivity contribution is 6.15. The predicted octanol–water partition coefficient (Wildman–Crippen LogP) is 14.3. The Morgan fingerprint density at radius 3 is 1.11 bits per heavy atom. The van der Waals surface area contributed by atoms with Gasteiger partial charge in [0.05, 0.1) is 106 Å². The second-order valence-corrected chi connectivity index (χ2v) is 17.9. The van der Waals surface area contributed by atoms with Crippen LogP contribution in [0.15, 0.2) is 219 Å². The molecule has 15 rings (SSSR count). The van der Waals surface area contributed by atoms with E-state index in [-0.39, 0.29) is 0 Å². The molecule has 72 heavy (non-hydrogen) atoms. The molecule has 9 aromatic heterocycles. The number of fused-ring (bicyclic) bond motifs is 12. The van der Waals surface area contributed by atoms with Crippen LogP contribution >= 0.6 is 0 Å². The minimum absolute atomic E-state index is 0.419. The molecule has 334 valence electrons. The minimum atomic E-state index is 0.419. The number of nitriles is 1. The lowest BCUT2D eigenvalue weighted by Gasteiger charge is -2.29. The van der Waals surface area contributed by atoms with E-state index in [9.17, 15) is 5.26 Å². The fourth-order valence-electron chi connectivity index (χ4n) is 11.4. The fraction of sp³-hybridized carbons (Fsp3) is 0. The fourth-order valence-corrected chi connectivity index (χ4v) is 11.4. The largest absolute Gasteiger partial charge is 0.305 e. The zero-order chi connectivity index (χ0) is 47.4. The topological polar surface area (TPSA) is 108 Å². The van der Waals surface area contributed by atoms with E-state index in [1.54, 1.807) is 0 Å². The van der Waals surface area contributed by atoms with Crippen LogP contribution in [0, 0.1) is 11.3 Å². The Kier molecular flexibility index (Phi) is 8.49. The van der Waals surface area contributed by atoms with Crippen LogP contribution in [0.2, 0.25) is 0 Å². The second kappa shape index (κ2) is 15.4. The first kappa shape index (κ1) is 39.7. The van der Waals surface area contributed by atoms with Crippen molar-refractivity contribution in [3.63, 3.8) is 0 Å². The Hall–Kier alpha value is -10.2. The van der Waals surface area contributed by atoms with Gasteiger partial charge < -0.3 is 18.3 Å². The summed E-state index contributed by atoms with van der Waals surface area (Å²) < 4.78 is 9.16. The first-order valence-electron chi connectivity index (χ1n) is 23.8. The van der Waals surface area contributed by atoms with E-state index >= 15 is 0 Å². The molecule has 0 amide bonds. The molecule has 0 fully saturated rings. The molecular weight excluding hydrogens is 885 g/mol. The lowest BCUT2D eigenvalue weighted by Crippen LogP contribution is -2.16. The zero-order valence-corrected chi connectivity index (χ0v) is 38.3. The average Bonchev–Trinajstić information content (AvgIpc) is 4.18. The molecule has 0 radical (unpaired) electrons. The van der Waals surface area contributed by atoms with E-state index in [0.29, 0.717) is 22.6 Å². The molecule has 0 bridgehead atoms. The van der Waals surface area contributed by atoms with Crippen molar-refractivity contribution in [2.45, 2.75) is 0 Å². The highest BCUT2D eigenvalue weighted by atomic mass is 15.1. The zero-order valence-electron chi connectivity index (χ0n) is 38.3. The average molecular weight is 921 g/mol. The summed E-state index contributed by atoms with van der Waals surface area (Å²) in [5, 5.41) is 16.5. The van der Waals surface area contributed by atoms with Crippen molar-refractivity contribution in [3.8, 4) is 51.3 Å². The summed E-state index contributed by atoms with van der Waals surface area (Å²) in [6.45, 7) is 0. The molecule has 15 aromatic rings. The van der Waals surface area contributed by atoms with Crippen LogP contribution in [0.25, 0.3) is 133 Å². The summed E-state index contributed by atoms with van der Waals surface area (Å²) in [4.78, 5) is 26.0. The van der Waals surface area contributed by atoms with Gasteiger partial charge in [-0.25, -0.2) is 4.98 Å². The third-order valence-electron chi connectivity index (χ3n) is 14.2. The van der Waals surface area contributed by atoms with E-state index < -0.39 is 0 Å². The number of nitrogens with zero attached hydrogens (tertiary/aromatic N) is 10. The van der Waals surface area contributed by atoms with E-state index in [1.165, 1.54) is 0 Å². The van der Waals surface area contributed by atoms with Crippen molar-refractivity contribution in [1.29, 1.82) is 5.26 Å². The van der Waals surface area contributed by atoms with Gasteiger partial charge >= 0.3 is 0 Å². The Morgan fingerprint density at radius 2 is 0.667 bits per heavy atom. The predicted molar refractivity (Wildman–Crippen MR) is 288 cm³/mol. The van der Waals surface area contributed by atoms with Gasteiger partial charge in [0.2, 0.25) is 0 Å². The molecule has 0 saturated heterocycles. The number of para-hydroxylation sites is 4. The van der Waals surface area contributed by atoms with Crippen LogP contribution in [0.4, 0.5) is 0 Å². The molecule has 6 aromatic carbocycles. The third-order valence-corrected chi connectivity index (χ3v) is 14.2. The molecule has 10 nitrogen and oxygen atoms in total. The number of hydrogen-bond donors (Lipinski definition) is 0. The van der Waals surface area contributed by atoms with Crippen molar-refractivity contribution in [1.82, 2.24) is 43.2 Å². The van der Waals surface area contributed by atoms with Gasteiger partial charge in [-0.05, 0) is 84.9 Å². The van der Waals surface area contributed by atoms with Crippen molar-refractivity contribution >= 4 is 87.7 Å². The van der Waals surface area contributed by atoms with Crippen molar-refractivity contribution in [3.05, 3.63) is 224 Å². The Balaban J connectivity index is 1.31. The highest BCUT2D eigenvalue weighted by Crippen LogP contribution is 2.51. The van der Waals surface area contributed by atoms with Gasteiger partial charge in [-0.2, -0.15) is 5.26 Å². The van der Waals surface area contributed by atoms with Crippen molar-refractivity contribution in [2.75, 3.05) is 0 Å². The molecule has 10 heteroatoms. The highest BCUT2D eigenvalue weighted by Gasteiger charge is 2.35. The summed E-state index contributed by atoms with van der Waals surface area (Å²) in [6, 6.07) is 69.4. The van der Waals surface area contributed by atoms with Gasteiger partial charge in [0, 0.05) is 51.9 Å². The smallest absolute Gasteiger partial charge is 0.104 e.